The van der Waals surface area contributed by atoms with Crippen LogP contribution in [-0.2, 0) is 6.54 Å². The minimum absolute atomic E-state index is 0.0417. The predicted molar refractivity (Wildman–Crippen MR) is 98.9 cm³/mol. The number of likely N-dealkylation sites (tertiary alicyclic amines) is 1. The zero-order chi connectivity index (χ0) is 19.3. The van der Waals surface area contributed by atoms with E-state index in [4.69, 9.17) is 4.74 Å². The third kappa shape index (κ3) is 6.61. The van der Waals surface area contributed by atoms with Crippen LogP contribution in [0, 0.1) is 5.92 Å². The summed E-state index contributed by atoms with van der Waals surface area (Å²) in [6.45, 7) is 1.23. The summed E-state index contributed by atoms with van der Waals surface area (Å²) in [6.07, 6.45) is -1.01. The standard InChI is InChI=1S/C19H27F3N4O/c1-23-18(25-16-8-9-26(11-16)13-19(20,21)22)24-10-15-4-2-3-5-17(15)27-12-14-6-7-14/h2-5,14,16H,6-13H2,1H3,(H2,23,24,25). The Labute approximate surface area is 158 Å². The van der Waals surface area contributed by atoms with Crippen molar-refractivity contribution < 1.29 is 17.9 Å². The van der Waals surface area contributed by atoms with Gasteiger partial charge >= 0.3 is 6.18 Å². The zero-order valence-corrected chi connectivity index (χ0v) is 15.6. The summed E-state index contributed by atoms with van der Waals surface area (Å²) in [5.74, 6) is 2.14. The van der Waals surface area contributed by atoms with E-state index in [1.54, 1.807) is 7.05 Å². The van der Waals surface area contributed by atoms with Gasteiger partial charge < -0.3 is 15.4 Å². The summed E-state index contributed by atoms with van der Waals surface area (Å²) in [5.41, 5.74) is 1.03. The maximum atomic E-state index is 12.5. The van der Waals surface area contributed by atoms with E-state index in [9.17, 15) is 13.2 Å². The van der Waals surface area contributed by atoms with Gasteiger partial charge in [0, 0.05) is 38.3 Å². The molecule has 0 aromatic heterocycles. The smallest absolute Gasteiger partial charge is 0.401 e. The van der Waals surface area contributed by atoms with Crippen molar-refractivity contribution in [2.24, 2.45) is 10.9 Å². The third-order valence-electron chi connectivity index (χ3n) is 4.83. The van der Waals surface area contributed by atoms with Crippen LogP contribution in [0.2, 0.25) is 0 Å². The van der Waals surface area contributed by atoms with Crippen molar-refractivity contribution in [2.75, 3.05) is 33.3 Å². The Morgan fingerprint density at radius 3 is 2.74 bits per heavy atom. The van der Waals surface area contributed by atoms with Crippen molar-refractivity contribution in [1.82, 2.24) is 15.5 Å². The van der Waals surface area contributed by atoms with Gasteiger partial charge in [0.2, 0.25) is 0 Å². The van der Waals surface area contributed by atoms with Crippen molar-refractivity contribution in [3.63, 3.8) is 0 Å². The maximum Gasteiger partial charge on any atom is 0.401 e. The molecule has 1 heterocycles. The average Bonchev–Trinajstić information content (AvgIpc) is 3.36. The quantitative estimate of drug-likeness (QED) is 0.561. The molecule has 1 aliphatic carbocycles. The molecule has 1 unspecified atom stereocenters. The van der Waals surface area contributed by atoms with E-state index in [-0.39, 0.29) is 6.04 Å². The topological polar surface area (TPSA) is 48.9 Å². The Balaban J connectivity index is 1.47. The molecule has 2 fully saturated rings. The molecular formula is C19H27F3N4O. The van der Waals surface area contributed by atoms with Crippen molar-refractivity contribution in [1.29, 1.82) is 0 Å². The molecule has 1 saturated heterocycles. The molecule has 0 amide bonds. The Hall–Kier alpha value is -1.96. The van der Waals surface area contributed by atoms with Gasteiger partial charge in [0.1, 0.15) is 5.75 Å². The molecule has 0 radical (unpaired) electrons. The Morgan fingerprint density at radius 2 is 2.04 bits per heavy atom. The molecule has 1 aromatic rings. The molecule has 150 valence electrons. The van der Waals surface area contributed by atoms with Crippen LogP contribution in [0.15, 0.2) is 29.3 Å². The van der Waals surface area contributed by atoms with Crippen LogP contribution in [0.5, 0.6) is 5.75 Å². The first-order valence-corrected chi connectivity index (χ1v) is 9.40. The number of rotatable bonds is 7. The van der Waals surface area contributed by atoms with Gasteiger partial charge in [0.25, 0.3) is 0 Å². The summed E-state index contributed by atoms with van der Waals surface area (Å²) in [5, 5.41) is 6.46. The van der Waals surface area contributed by atoms with Gasteiger partial charge in [-0.1, -0.05) is 18.2 Å². The fraction of sp³-hybridized carbons (Fsp3) is 0.632. The number of aliphatic imine (C=N–C) groups is 1. The lowest BCUT2D eigenvalue weighted by atomic mass is 10.2. The number of hydrogen-bond donors (Lipinski definition) is 2. The second-order valence-electron chi connectivity index (χ2n) is 7.27. The maximum absolute atomic E-state index is 12.5. The number of alkyl halides is 3. The van der Waals surface area contributed by atoms with Crippen molar-refractivity contribution in [2.45, 2.75) is 38.0 Å². The minimum atomic E-state index is -4.15. The number of para-hydroxylation sites is 1. The fourth-order valence-corrected chi connectivity index (χ4v) is 3.20. The van der Waals surface area contributed by atoms with Crippen LogP contribution in [-0.4, -0.2) is 56.4 Å². The molecule has 1 aromatic carbocycles. The van der Waals surface area contributed by atoms with Gasteiger partial charge in [-0.25, -0.2) is 0 Å². The molecule has 1 saturated carbocycles. The van der Waals surface area contributed by atoms with Gasteiger partial charge in [0.05, 0.1) is 13.2 Å². The largest absolute Gasteiger partial charge is 0.493 e. The molecule has 2 aliphatic rings. The average molecular weight is 384 g/mol. The van der Waals surface area contributed by atoms with Crippen molar-refractivity contribution >= 4 is 5.96 Å². The second-order valence-corrected chi connectivity index (χ2v) is 7.27. The van der Waals surface area contributed by atoms with E-state index in [0.717, 1.165) is 17.9 Å². The zero-order valence-electron chi connectivity index (χ0n) is 15.6. The molecule has 0 spiro atoms. The lowest BCUT2D eigenvalue weighted by Crippen LogP contribution is -2.44. The predicted octanol–water partition coefficient (Wildman–Crippen LogP) is 2.78. The van der Waals surface area contributed by atoms with E-state index in [1.807, 2.05) is 24.3 Å². The minimum Gasteiger partial charge on any atom is -0.493 e. The number of nitrogens with one attached hydrogen (secondary N) is 2. The molecule has 27 heavy (non-hydrogen) atoms. The van der Waals surface area contributed by atoms with E-state index in [0.29, 0.717) is 37.9 Å². The summed E-state index contributed by atoms with van der Waals surface area (Å²) >= 11 is 0. The molecule has 1 aliphatic heterocycles. The van der Waals surface area contributed by atoms with Gasteiger partial charge in [-0.15, -0.1) is 0 Å². The van der Waals surface area contributed by atoms with Gasteiger partial charge in [-0.2, -0.15) is 13.2 Å². The molecule has 2 N–H and O–H groups in total. The third-order valence-corrected chi connectivity index (χ3v) is 4.83. The fourth-order valence-electron chi connectivity index (χ4n) is 3.20. The monoisotopic (exact) mass is 384 g/mol. The normalized spacial score (nSPS) is 21.3. The van der Waals surface area contributed by atoms with E-state index >= 15 is 0 Å². The highest BCUT2D eigenvalue weighted by Crippen LogP contribution is 2.30. The molecule has 5 nitrogen and oxygen atoms in total. The van der Waals surface area contributed by atoms with Crippen LogP contribution in [0.25, 0.3) is 0 Å². The Kier molecular flexibility index (Phi) is 6.46. The van der Waals surface area contributed by atoms with Crippen molar-refractivity contribution in [3.05, 3.63) is 29.8 Å². The van der Waals surface area contributed by atoms with Crippen LogP contribution in [0.3, 0.4) is 0 Å². The first-order chi connectivity index (χ1) is 12.9. The highest BCUT2D eigenvalue weighted by molar-refractivity contribution is 5.80. The Morgan fingerprint density at radius 1 is 1.26 bits per heavy atom. The lowest BCUT2D eigenvalue weighted by molar-refractivity contribution is -0.143. The van der Waals surface area contributed by atoms with Crippen LogP contribution in [0.4, 0.5) is 13.2 Å². The first kappa shape index (κ1) is 19.8. The van der Waals surface area contributed by atoms with Crippen LogP contribution < -0.4 is 15.4 Å². The van der Waals surface area contributed by atoms with Gasteiger partial charge in [-0.3, -0.25) is 9.89 Å². The van der Waals surface area contributed by atoms with Gasteiger partial charge in [-0.05, 0) is 31.2 Å². The SMILES string of the molecule is CN=C(NCc1ccccc1OCC1CC1)NC1CCN(CC(F)(F)F)C1. The number of halogens is 3. The molecule has 1 atom stereocenters. The van der Waals surface area contributed by atoms with E-state index in [2.05, 4.69) is 15.6 Å². The molecular weight excluding hydrogens is 357 g/mol. The van der Waals surface area contributed by atoms with E-state index < -0.39 is 12.7 Å². The number of benzene rings is 1. The van der Waals surface area contributed by atoms with Crippen molar-refractivity contribution in [3.8, 4) is 5.75 Å². The number of hydrogen-bond acceptors (Lipinski definition) is 3. The highest BCUT2D eigenvalue weighted by Gasteiger charge is 2.34. The van der Waals surface area contributed by atoms with E-state index in [1.165, 1.54) is 17.7 Å². The summed E-state index contributed by atoms with van der Waals surface area (Å²) in [7, 11) is 1.66. The first-order valence-electron chi connectivity index (χ1n) is 9.40. The lowest BCUT2D eigenvalue weighted by Gasteiger charge is -2.20. The summed E-state index contributed by atoms with van der Waals surface area (Å²) in [4.78, 5) is 5.62. The number of guanidine groups is 1. The molecule has 0 bridgehead atoms. The second kappa shape index (κ2) is 8.82. The summed E-state index contributed by atoms with van der Waals surface area (Å²) < 4.78 is 43.5. The summed E-state index contributed by atoms with van der Waals surface area (Å²) in [6, 6.07) is 7.83. The number of nitrogens with zero attached hydrogens (tertiary/aromatic N) is 2. The molecule has 8 heteroatoms. The Bertz CT molecular complexity index is 646. The highest BCUT2D eigenvalue weighted by atomic mass is 19.4. The van der Waals surface area contributed by atoms with Gasteiger partial charge in [0.15, 0.2) is 5.96 Å². The number of ether oxygens (including phenoxy) is 1. The molecule has 3 rings (SSSR count). The van der Waals surface area contributed by atoms with Crippen LogP contribution >= 0.6 is 0 Å². The van der Waals surface area contributed by atoms with Crippen LogP contribution in [0.1, 0.15) is 24.8 Å².